The fraction of sp³-hybridized carbons (Fsp3) is 0.375. The van der Waals surface area contributed by atoms with E-state index in [0.717, 1.165) is 38.8 Å². The molecule has 3 saturated heterocycles. The van der Waals surface area contributed by atoms with E-state index in [-0.39, 0.29) is 74.9 Å². The standard InChI is InChI=1S/C40H38Cl2F3N3O7/c41-31-18-48(52)19-32(42)30(31)17-28(24-7-10-34(55-40(44)45)35(15-24)53-21-22-5-6-22)29-16-25(8-9-26(29)38(49)50)46-37(27-3-1-2-4-33(27)43)39(51)54-36-20-47-13-11-23(36)12-14-47/h1-4,7-10,15-16,18-19,22-23,28,36-37,40,46H,5-6,11-14,17,20-21H2,(H-,49,50,52)/t28-,36-,37?/m0/s1. The molecular formula is C40H38Cl2F3N3O7. The fourth-order valence-corrected chi connectivity index (χ4v) is 8.02. The molecule has 8 rings (SSSR count). The van der Waals surface area contributed by atoms with Crippen molar-refractivity contribution in [1.82, 2.24) is 4.90 Å². The van der Waals surface area contributed by atoms with Gasteiger partial charge in [-0.2, -0.15) is 8.78 Å². The number of alkyl halides is 2. The predicted octanol–water partition coefficient (Wildman–Crippen LogP) is 6.58. The first-order chi connectivity index (χ1) is 26.4. The van der Waals surface area contributed by atoms with Gasteiger partial charge in [0.25, 0.3) is 0 Å². The van der Waals surface area contributed by atoms with Crippen LogP contribution in [-0.2, 0) is 16.0 Å². The van der Waals surface area contributed by atoms with Gasteiger partial charge in [0.2, 0.25) is 12.4 Å². The topological polar surface area (TPSA) is 124 Å². The normalized spacial score (nSPS) is 20.1. The van der Waals surface area contributed by atoms with Gasteiger partial charge >= 0.3 is 12.6 Å². The number of carboxylic acids is 1. The number of hydrogen-bond donors (Lipinski definition) is 2. The molecule has 290 valence electrons. The number of carboxylic acid groups (broad SMARTS) is 1. The van der Waals surface area contributed by atoms with Gasteiger partial charge in [-0.25, -0.2) is 9.18 Å². The minimum absolute atomic E-state index is 0.0209. The minimum Gasteiger partial charge on any atom is -0.545 e. The molecule has 0 spiro atoms. The lowest BCUT2D eigenvalue weighted by Crippen LogP contribution is -2.52. The number of rotatable bonds is 15. The van der Waals surface area contributed by atoms with E-state index in [1.807, 2.05) is 0 Å². The summed E-state index contributed by atoms with van der Waals surface area (Å²) < 4.78 is 59.7. The van der Waals surface area contributed by atoms with E-state index in [1.54, 1.807) is 6.07 Å². The first-order valence-electron chi connectivity index (χ1n) is 18.0. The molecule has 55 heavy (non-hydrogen) atoms. The largest absolute Gasteiger partial charge is 0.545 e. The molecule has 3 aromatic carbocycles. The van der Waals surface area contributed by atoms with Crippen molar-refractivity contribution in [2.75, 3.05) is 31.6 Å². The highest BCUT2D eigenvalue weighted by molar-refractivity contribution is 6.35. The fourth-order valence-electron chi connectivity index (χ4n) is 7.41. The number of fused-ring (bicyclic) bond motifs is 3. The Hall–Kier alpha value is -4.72. The van der Waals surface area contributed by atoms with E-state index < -0.39 is 36.3 Å². The highest BCUT2D eigenvalue weighted by Gasteiger charge is 2.38. The lowest BCUT2D eigenvalue weighted by atomic mass is 9.83. The van der Waals surface area contributed by atoms with Crippen LogP contribution >= 0.6 is 23.2 Å². The lowest BCUT2D eigenvalue weighted by molar-refractivity contribution is -0.904. The molecule has 4 aromatic rings. The number of carbonyl (C=O) groups excluding carboxylic acids is 2. The Bertz CT molecular complexity index is 2040. The van der Waals surface area contributed by atoms with E-state index in [0.29, 0.717) is 22.4 Å². The molecule has 1 aromatic heterocycles. The maximum Gasteiger partial charge on any atom is 0.387 e. The van der Waals surface area contributed by atoms with Crippen molar-refractivity contribution in [3.63, 3.8) is 0 Å². The van der Waals surface area contributed by atoms with Gasteiger partial charge in [-0.3, -0.25) is 10.1 Å². The summed E-state index contributed by atoms with van der Waals surface area (Å²) in [6, 6.07) is 13.0. The summed E-state index contributed by atoms with van der Waals surface area (Å²) in [5.74, 6) is -3.52. The van der Waals surface area contributed by atoms with Gasteiger partial charge in [-0.05, 0) is 98.5 Å². The maximum atomic E-state index is 15.4. The first kappa shape index (κ1) is 38.6. The molecule has 1 unspecified atom stereocenters. The zero-order valence-corrected chi connectivity index (χ0v) is 30.9. The Kier molecular flexibility index (Phi) is 11.6. The zero-order chi connectivity index (χ0) is 38.8. The van der Waals surface area contributed by atoms with E-state index in [4.69, 9.17) is 37.4 Å². The van der Waals surface area contributed by atoms with Gasteiger partial charge in [0, 0.05) is 39.6 Å². The van der Waals surface area contributed by atoms with Crippen molar-refractivity contribution >= 4 is 40.8 Å². The molecule has 3 atom stereocenters. The Labute approximate surface area is 325 Å². The number of aromatic carboxylic acids is 1. The average Bonchev–Trinajstić information content (AvgIpc) is 3.98. The van der Waals surface area contributed by atoms with Crippen LogP contribution in [0.5, 0.6) is 11.5 Å². The molecule has 4 fully saturated rings. The number of anilines is 1. The van der Waals surface area contributed by atoms with Gasteiger partial charge in [0.05, 0.1) is 12.6 Å². The van der Waals surface area contributed by atoms with Crippen molar-refractivity contribution in [3.05, 3.63) is 117 Å². The number of aromatic nitrogens is 1. The van der Waals surface area contributed by atoms with Crippen LogP contribution in [0.4, 0.5) is 18.9 Å². The molecule has 2 bridgehead atoms. The minimum atomic E-state index is -3.13. The number of benzene rings is 3. The zero-order valence-electron chi connectivity index (χ0n) is 29.4. The third-order valence-electron chi connectivity index (χ3n) is 10.5. The third-order valence-corrected chi connectivity index (χ3v) is 11.2. The van der Waals surface area contributed by atoms with Crippen LogP contribution in [-0.4, -0.2) is 61.0 Å². The second-order valence-corrected chi connectivity index (χ2v) is 15.0. The van der Waals surface area contributed by atoms with Gasteiger partial charge in [-0.15, -0.1) is 0 Å². The molecule has 15 heteroatoms. The van der Waals surface area contributed by atoms with Crippen molar-refractivity contribution in [1.29, 1.82) is 0 Å². The molecule has 1 saturated carbocycles. The number of nitrogens with zero attached hydrogens (tertiary/aromatic N) is 2. The van der Waals surface area contributed by atoms with Crippen LogP contribution in [0.2, 0.25) is 10.0 Å². The van der Waals surface area contributed by atoms with Crippen LogP contribution < -0.4 is 24.6 Å². The molecule has 0 amide bonds. The number of halogens is 5. The molecule has 10 nitrogen and oxygen atoms in total. The Morgan fingerprint density at radius 1 is 0.964 bits per heavy atom. The van der Waals surface area contributed by atoms with E-state index in [9.17, 15) is 28.7 Å². The first-order valence-corrected chi connectivity index (χ1v) is 18.8. The monoisotopic (exact) mass is 799 g/mol. The van der Waals surface area contributed by atoms with Gasteiger partial charge in [-0.1, -0.05) is 53.5 Å². The van der Waals surface area contributed by atoms with Gasteiger partial charge in [0.1, 0.15) is 22.0 Å². The predicted molar refractivity (Wildman–Crippen MR) is 193 cm³/mol. The van der Waals surface area contributed by atoms with E-state index >= 15 is 4.39 Å². The van der Waals surface area contributed by atoms with E-state index in [1.165, 1.54) is 67.0 Å². The van der Waals surface area contributed by atoms with Crippen LogP contribution in [0.15, 0.2) is 73.1 Å². The molecule has 1 aliphatic carbocycles. The average molecular weight is 801 g/mol. The molecular weight excluding hydrogens is 762 g/mol. The number of esters is 1. The SMILES string of the molecule is O=C([O-])c1ccc(NC(C(=O)O[C@H]2CN3CCC2CC3)c2ccccc2F)cc1[C@@H](Cc1c(Cl)c[n+](O)cc1Cl)c1ccc(OC(F)F)c(OCC2CC2)c1. The number of ether oxygens (including phenoxy) is 3. The van der Waals surface area contributed by atoms with Crippen molar-refractivity contribution in [3.8, 4) is 11.5 Å². The van der Waals surface area contributed by atoms with E-state index in [2.05, 4.69) is 10.2 Å². The van der Waals surface area contributed by atoms with Gasteiger partial charge < -0.3 is 29.4 Å². The number of carbonyl (C=O) groups is 2. The summed E-state index contributed by atoms with van der Waals surface area (Å²) in [4.78, 5) is 28.9. The van der Waals surface area contributed by atoms with Crippen LogP contribution in [0.25, 0.3) is 0 Å². The summed E-state index contributed by atoms with van der Waals surface area (Å²) in [7, 11) is 0. The molecule has 2 N–H and O–H groups in total. The summed E-state index contributed by atoms with van der Waals surface area (Å²) in [6.07, 6.45) is 5.64. The Morgan fingerprint density at radius 2 is 1.69 bits per heavy atom. The summed E-state index contributed by atoms with van der Waals surface area (Å²) in [5, 5.41) is 26.0. The summed E-state index contributed by atoms with van der Waals surface area (Å²) >= 11 is 13.1. The smallest absolute Gasteiger partial charge is 0.387 e. The highest BCUT2D eigenvalue weighted by Crippen LogP contribution is 2.41. The van der Waals surface area contributed by atoms with Crippen molar-refractivity contribution < 1.29 is 52.0 Å². The summed E-state index contributed by atoms with van der Waals surface area (Å²) in [5.41, 5.74) is 0.939. The second-order valence-electron chi connectivity index (χ2n) is 14.2. The maximum absolute atomic E-state index is 15.4. The Balaban J connectivity index is 1.30. The number of pyridine rings is 1. The number of nitrogens with one attached hydrogen (secondary N) is 1. The molecule has 4 aliphatic rings. The molecule has 3 aliphatic heterocycles. The number of hydrogen-bond acceptors (Lipinski definition) is 9. The third kappa shape index (κ3) is 9.06. The highest BCUT2D eigenvalue weighted by atomic mass is 35.5. The van der Waals surface area contributed by atoms with Crippen LogP contribution in [0.1, 0.15) is 70.3 Å². The van der Waals surface area contributed by atoms with Crippen LogP contribution in [0.3, 0.4) is 0 Å². The van der Waals surface area contributed by atoms with Gasteiger partial charge in [0.15, 0.2) is 17.5 Å². The summed E-state index contributed by atoms with van der Waals surface area (Å²) in [6.45, 7) is -0.432. The Morgan fingerprint density at radius 3 is 2.33 bits per heavy atom. The second kappa shape index (κ2) is 16.6. The lowest BCUT2D eigenvalue weighted by Gasteiger charge is -2.44. The number of piperidine rings is 3. The van der Waals surface area contributed by atoms with Crippen molar-refractivity contribution in [2.45, 2.75) is 56.8 Å². The quantitative estimate of drug-likeness (QED) is 0.0781. The van der Waals surface area contributed by atoms with Crippen LogP contribution in [0, 0.1) is 17.7 Å². The van der Waals surface area contributed by atoms with Crippen molar-refractivity contribution in [2.24, 2.45) is 11.8 Å². The molecule has 0 radical (unpaired) electrons. The molecule has 4 heterocycles.